The van der Waals surface area contributed by atoms with Crippen molar-refractivity contribution in [3.63, 3.8) is 0 Å². The van der Waals surface area contributed by atoms with Crippen LogP contribution < -0.4 is 10.6 Å². The molecule has 1 saturated heterocycles. The van der Waals surface area contributed by atoms with Gasteiger partial charge in [-0.15, -0.1) is 0 Å². The standard InChI is InChI=1S/C11H14N4O5/c16-14(17)8-1-2-10(11(5-8)15(18)19)13-7-9-6-12-3-4-20-9/h1-2,5,9,12-13H,3-4,6-7H2. The van der Waals surface area contributed by atoms with Gasteiger partial charge < -0.3 is 15.4 Å². The average Bonchev–Trinajstić information content (AvgIpc) is 2.45. The maximum absolute atomic E-state index is 10.9. The second-order valence-corrected chi connectivity index (χ2v) is 4.29. The van der Waals surface area contributed by atoms with E-state index in [-0.39, 0.29) is 23.2 Å². The fourth-order valence-electron chi connectivity index (χ4n) is 1.91. The molecule has 108 valence electrons. The minimum absolute atomic E-state index is 0.0847. The topological polar surface area (TPSA) is 120 Å². The summed E-state index contributed by atoms with van der Waals surface area (Å²) < 4.78 is 5.46. The molecule has 1 unspecified atom stereocenters. The van der Waals surface area contributed by atoms with Crippen LogP contribution in [0.1, 0.15) is 0 Å². The highest BCUT2D eigenvalue weighted by Crippen LogP contribution is 2.28. The van der Waals surface area contributed by atoms with Crippen molar-refractivity contribution >= 4 is 17.1 Å². The SMILES string of the molecule is O=[N+]([O-])c1ccc(NCC2CNCCO2)c([N+](=O)[O-])c1. The van der Waals surface area contributed by atoms with Gasteiger partial charge in [0, 0.05) is 25.7 Å². The van der Waals surface area contributed by atoms with Crippen LogP contribution in [0.3, 0.4) is 0 Å². The first-order valence-electron chi connectivity index (χ1n) is 6.07. The monoisotopic (exact) mass is 282 g/mol. The molecule has 0 bridgehead atoms. The molecule has 0 aliphatic carbocycles. The van der Waals surface area contributed by atoms with E-state index in [0.717, 1.165) is 12.6 Å². The second-order valence-electron chi connectivity index (χ2n) is 4.29. The van der Waals surface area contributed by atoms with Crippen molar-refractivity contribution in [2.45, 2.75) is 6.10 Å². The van der Waals surface area contributed by atoms with Gasteiger partial charge in [0.15, 0.2) is 0 Å². The fourth-order valence-corrected chi connectivity index (χ4v) is 1.91. The third-order valence-corrected chi connectivity index (χ3v) is 2.91. The molecule has 1 aromatic carbocycles. The summed E-state index contributed by atoms with van der Waals surface area (Å²) in [6.45, 7) is 2.43. The van der Waals surface area contributed by atoms with Crippen molar-refractivity contribution in [3.8, 4) is 0 Å². The Morgan fingerprint density at radius 2 is 2.15 bits per heavy atom. The fraction of sp³-hybridized carbons (Fsp3) is 0.455. The van der Waals surface area contributed by atoms with E-state index in [1.807, 2.05) is 0 Å². The predicted molar refractivity (Wildman–Crippen MR) is 70.9 cm³/mol. The van der Waals surface area contributed by atoms with Crippen LogP contribution in [-0.4, -0.2) is 42.2 Å². The van der Waals surface area contributed by atoms with Gasteiger partial charge in [0.2, 0.25) is 0 Å². The summed E-state index contributed by atoms with van der Waals surface area (Å²) >= 11 is 0. The lowest BCUT2D eigenvalue weighted by Crippen LogP contribution is -2.42. The van der Waals surface area contributed by atoms with Crippen LogP contribution in [-0.2, 0) is 4.74 Å². The van der Waals surface area contributed by atoms with E-state index in [1.54, 1.807) is 0 Å². The van der Waals surface area contributed by atoms with Gasteiger partial charge in [0.05, 0.1) is 28.6 Å². The molecule has 1 aromatic rings. The number of nitro groups is 2. The van der Waals surface area contributed by atoms with E-state index < -0.39 is 9.85 Å². The molecular weight excluding hydrogens is 268 g/mol. The molecule has 1 aliphatic heterocycles. The minimum atomic E-state index is -0.662. The maximum Gasteiger partial charge on any atom is 0.299 e. The molecular formula is C11H14N4O5. The molecule has 1 aliphatic rings. The second kappa shape index (κ2) is 6.26. The minimum Gasteiger partial charge on any atom is -0.377 e. The van der Waals surface area contributed by atoms with Crippen molar-refractivity contribution < 1.29 is 14.6 Å². The van der Waals surface area contributed by atoms with Gasteiger partial charge in [-0.05, 0) is 6.07 Å². The molecule has 9 nitrogen and oxygen atoms in total. The van der Waals surface area contributed by atoms with Crippen molar-refractivity contribution in [1.29, 1.82) is 0 Å². The molecule has 1 fully saturated rings. The van der Waals surface area contributed by atoms with Crippen molar-refractivity contribution in [1.82, 2.24) is 5.32 Å². The molecule has 1 atom stereocenters. The largest absolute Gasteiger partial charge is 0.377 e. The van der Waals surface area contributed by atoms with Gasteiger partial charge in [-0.2, -0.15) is 0 Å². The predicted octanol–water partition coefficient (Wildman–Crippen LogP) is 0.903. The van der Waals surface area contributed by atoms with Gasteiger partial charge in [-0.1, -0.05) is 0 Å². The normalized spacial score (nSPS) is 18.5. The highest BCUT2D eigenvalue weighted by Gasteiger charge is 2.20. The highest BCUT2D eigenvalue weighted by atomic mass is 16.6. The molecule has 0 saturated carbocycles. The Balaban J connectivity index is 2.09. The number of anilines is 1. The van der Waals surface area contributed by atoms with Gasteiger partial charge in [-0.25, -0.2) is 0 Å². The molecule has 2 N–H and O–H groups in total. The highest BCUT2D eigenvalue weighted by molar-refractivity contribution is 5.65. The number of nitro benzene ring substituents is 2. The van der Waals surface area contributed by atoms with E-state index in [1.165, 1.54) is 12.1 Å². The molecule has 9 heteroatoms. The molecule has 0 radical (unpaired) electrons. The van der Waals surface area contributed by atoms with E-state index in [4.69, 9.17) is 4.74 Å². The Kier molecular flexibility index (Phi) is 4.43. The Bertz CT molecular complexity index is 516. The zero-order valence-corrected chi connectivity index (χ0v) is 10.6. The van der Waals surface area contributed by atoms with Gasteiger partial charge >= 0.3 is 0 Å². The first-order valence-corrected chi connectivity index (χ1v) is 6.07. The number of hydrogen-bond donors (Lipinski definition) is 2. The lowest BCUT2D eigenvalue weighted by Gasteiger charge is -2.24. The number of ether oxygens (including phenoxy) is 1. The van der Waals surface area contributed by atoms with Crippen LogP contribution in [0.4, 0.5) is 17.1 Å². The van der Waals surface area contributed by atoms with Crippen LogP contribution in [0.25, 0.3) is 0 Å². The Hall–Kier alpha value is -2.26. The van der Waals surface area contributed by atoms with E-state index in [0.29, 0.717) is 19.7 Å². The molecule has 1 heterocycles. The van der Waals surface area contributed by atoms with E-state index in [9.17, 15) is 20.2 Å². The summed E-state index contributed by atoms with van der Waals surface area (Å²) in [7, 11) is 0. The number of nitrogens with zero attached hydrogens (tertiary/aromatic N) is 2. The van der Waals surface area contributed by atoms with Crippen LogP contribution >= 0.6 is 0 Å². The summed E-state index contributed by atoms with van der Waals surface area (Å²) in [6.07, 6.45) is -0.0847. The third-order valence-electron chi connectivity index (χ3n) is 2.91. The first kappa shape index (κ1) is 14.2. The summed E-state index contributed by atoms with van der Waals surface area (Å²) in [5.74, 6) is 0. The molecule has 0 spiro atoms. The lowest BCUT2D eigenvalue weighted by molar-refractivity contribution is -0.393. The number of rotatable bonds is 5. The maximum atomic E-state index is 10.9. The summed E-state index contributed by atoms with van der Waals surface area (Å²) in [5, 5.41) is 27.6. The van der Waals surface area contributed by atoms with E-state index in [2.05, 4.69) is 10.6 Å². The Morgan fingerprint density at radius 1 is 1.35 bits per heavy atom. The number of morpholine rings is 1. The Labute approximate surface area is 114 Å². The third kappa shape index (κ3) is 3.39. The van der Waals surface area contributed by atoms with Crippen molar-refractivity contribution in [2.24, 2.45) is 0 Å². The van der Waals surface area contributed by atoms with Gasteiger partial charge in [-0.3, -0.25) is 20.2 Å². The van der Waals surface area contributed by atoms with Crippen molar-refractivity contribution in [2.75, 3.05) is 31.6 Å². The number of nitrogens with one attached hydrogen (secondary N) is 2. The summed E-state index contributed by atoms with van der Waals surface area (Å²) in [6, 6.07) is 3.52. The van der Waals surface area contributed by atoms with E-state index >= 15 is 0 Å². The average molecular weight is 282 g/mol. The number of hydrogen-bond acceptors (Lipinski definition) is 7. The van der Waals surface area contributed by atoms with Crippen LogP contribution in [0.2, 0.25) is 0 Å². The zero-order valence-electron chi connectivity index (χ0n) is 10.6. The number of benzene rings is 1. The molecule has 0 amide bonds. The van der Waals surface area contributed by atoms with Crippen molar-refractivity contribution in [3.05, 3.63) is 38.4 Å². The first-order chi connectivity index (χ1) is 9.58. The van der Waals surface area contributed by atoms with Gasteiger partial charge in [0.25, 0.3) is 11.4 Å². The summed E-state index contributed by atoms with van der Waals surface area (Å²) in [4.78, 5) is 20.3. The Morgan fingerprint density at radius 3 is 2.75 bits per heavy atom. The summed E-state index contributed by atoms with van der Waals surface area (Å²) in [5.41, 5.74) is -0.379. The van der Waals surface area contributed by atoms with Crippen LogP contribution in [0, 0.1) is 20.2 Å². The van der Waals surface area contributed by atoms with Crippen LogP contribution in [0.15, 0.2) is 18.2 Å². The van der Waals surface area contributed by atoms with Crippen LogP contribution in [0.5, 0.6) is 0 Å². The quantitative estimate of drug-likeness (QED) is 0.608. The lowest BCUT2D eigenvalue weighted by atomic mass is 10.2. The smallest absolute Gasteiger partial charge is 0.299 e. The molecule has 0 aromatic heterocycles. The molecule has 20 heavy (non-hydrogen) atoms. The number of non-ortho nitro benzene ring substituents is 1. The zero-order chi connectivity index (χ0) is 14.5. The molecule has 2 rings (SSSR count). The van der Waals surface area contributed by atoms with Gasteiger partial charge in [0.1, 0.15) is 5.69 Å².